The molecule has 1 N–H and O–H groups in total. The van der Waals surface area contributed by atoms with Crippen molar-refractivity contribution >= 4 is 17.5 Å². The molecule has 0 saturated heterocycles. The maximum atomic E-state index is 12.1. The number of nitrogens with zero attached hydrogens (tertiary/aromatic N) is 2. The van der Waals surface area contributed by atoms with Gasteiger partial charge in [-0.15, -0.1) is 0 Å². The molecule has 1 saturated carbocycles. The van der Waals surface area contributed by atoms with Crippen molar-refractivity contribution in [3.8, 4) is 11.3 Å². The van der Waals surface area contributed by atoms with Crippen LogP contribution in [0.4, 0.5) is 0 Å². The number of aromatic nitrogens is 2. The van der Waals surface area contributed by atoms with Gasteiger partial charge in [-0.1, -0.05) is 43.0 Å². The molecule has 0 spiro atoms. The lowest BCUT2D eigenvalue weighted by Crippen LogP contribution is -2.37. The van der Waals surface area contributed by atoms with Crippen molar-refractivity contribution in [1.82, 2.24) is 15.1 Å². The van der Waals surface area contributed by atoms with Crippen molar-refractivity contribution in [2.24, 2.45) is 0 Å². The largest absolute Gasteiger partial charge is 0.353 e. The Kier molecular flexibility index (Phi) is 5.87. The van der Waals surface area contributed by atoms with Crippen LogP contribution in [-0.2, 0) is 11.3 Å². The molecule has 0 radical (unpaired) electrons. The predicted octanol–water partition coefficient (Wildman–Crippen LogP) is 3.40. The van der Waals surface area contributed by atoms with Crippen molar-refractivity contribution < 1.29 is 4.79 Å². The Morgan fingerprint density at radius 3 is 2.76 bits per heavy atom. The van der Waals surface area contributed by atoms with Crippen LogP contribution in [0.25, 0.3) is 11.3 Å². The number of benzene rings is 1. The van der Waals surface area contributed by atoms with E-state index in [1.54, 1.807) is 18.2 Å². The molecular weight excluding hydrogens is 338 g/mol. The van der Waals surface area contributed by atoms with Gasteiger partial charge in [0.1, 0.15) is 0 Å². The van der Waals surface area contributed by atoms with Gasteiger partial charge in [-0.3, -0.25) is 9.59 Å². The third kappa shape index (κ3) is 4.92. The Morgan fingerprint density at radius 1 is 1.20 bits per heavy atom. The molecule has 3 rings (SSSR count). The SMILES string of the molecule is O=C(CCn1nc(-c2cccc(Cl)c2)ccc1=O)NC1CCCCC1. The number of hydrogen-bond acceptors (Lipinski definition) is 3. The van der Waals surface area contributed by atoms with Crippen LogP contribution in [0.3, 0.4) is 0 Å². The predicted molar refractivity (Wildman–Crippen MR) is 98.6 cm³/mol. The fourth-order valence-electron chi connectivity index (χ4n) is 3.17. The zero-order valence-corrected chi connectivity index (χ0v) is 14.8. The molecule has 1 fully saturated rings. The Bertz CT molecular complexity index is 797. The second-order valence-corrected chi connectivity index (χ2v) is 6.88. The number of hydrogen-bond donors (Lipinski definition) is 1. The van der Waals surface area contributed by atoms with Gasteiger partial charge in [0.25, 0.3) is 5.56 Å². The van der Waals surface area contributed by atoms with E-state index in [0.717, 1.165) is 18.4 Å². The number of carbonyl (C=O) groups is 1. The van der Waals surface area contributed by atoms with Crippen molar-refractivity contribution in [2.75, 3.05) is 0 Å². The van der Waals surface area contributed by atoms with E-state index in [1.165, 1.54) is 30.0 Å². The van der Waals surface area contributed by atoms with Crippen LogP contribution in [0.1, 0.15) is 38.5 Å². The van der Waals surface area contributed by atoms with Gasteiger partial charge in [0.05, 0.1) is 12.2 Å². The molecular formula is C19H22ClN3O2. The summed E-state index contributed by atoms with van der Waals surface area (Å²) in [7, 11) is 0. The van der Waals surface area contributed by atoms with Crippen LogP contribution in [0.2, 0.25) is 5.02 Å². The maximum absolute atomic E-state index is 12.1. The van der Waals surface area contributed by atoms with E-state index in [4.69, 9.17) is 11.6 Å². The molecule has 0 bridgehead atoms. The summed E-state index contributed by atoms with van der Waals surface area (Å²) >= 11 is 6.01. The van der Waals surface area contributed by atoms with Crippen LogP contribution in [0.5, 0.6) is 0 Å². The van der Waals surface area contributed by atoms with Crippen molar-refractivity contribution in [1.29, 1.82) is 0 Å². The number of rotatable bonds is 5. The number of halogens is 1. The van der Waals surface area contributed by atoms with E-state index in [-0.39, 0.29) is 30.5 Å². The molecule has 1 aromatic heterocycles. The zero-order valence-electron chi connectivity index (χ0n) is 14.1. The molecule has 1 aliphatic rings. The summed E-state index contributed by atoms with van der Waals surface area (Å²) in [5, 5.41) is 8.05. The summed E-state index contributed by atoms with van der Waals surface area (Å²) < 4.78 is 1.34. The third-order valence-electron chi connectivity index (χ3n) is 4.51. The van der Waals surface area contributed by atoms with Crippen LogP contribution in [0.15, 0.2) is 41.2 Å². The van der Waals surface area contributed by atoms with Gasteiger partial charge < -0.3 is 5.32 Å². The van der Waals surface area contributed by atoms with Crippen molar-refractivity contribution in [3.05, 3.63) is 51.8 Å². The normalized spacial score (nSPS) is 15.1. The summed E-state index contributed by atoms with van der Waals surface area (Å²) in [6, 6.07) is 10.7. The second-order valence-electron chi connectivity index (χ2n) is 6.44. The molecule has 1 heterocycles. The summed E-state index contributed by atoms with van der Waals surface area (Å²) in [5.41, 5.74) is 1.29. The minimum Gasteiger partial charge on any atom is -0.353 e. The minimum atomic E-state index is -0.212. The zero-order chi connectivity index (χ0) is 17.6. The molecule has 0 unspecified atom stereocenters. The third-order valence-corrected chi connectivity index (χ3v) is 4.74. The summed E-state index contributed by atoms with van der Waals surface area (Å²) in [6.07, 6.45) is 5.95. The highest BCUT2D eigenvalue weighted by molar-refractivity contribution is 6.30. The highest BCUT2D eigenvalue weighted by Gasteiger charge is 2.15. The highest BCUT2D eigenvalue weighted by Crippen LogP contribution is 2.20. The van der Waals surface area contributed by atoms with Crippen LogP contribution < -0.4 is 10.9 Å². The van der Waals surface area contributed by atoms with Crippen LogP contribution in [-0.4, -0.2) is 21.7 Å². The van der Waals surface area contributed by atoms with E-state index in [1.807, 2.05) is 12.1 Å². The first kappa shape index (κ1) is 17.7. The lowest BCUT2D eigenvalue weighted by atomic mass is 9.95. The van der Waals surface area contributed by atoms with E-state index < -0.39 is 0 Å². The molecule has 1 amide bonds. The molecule has 2 aromatic rings. The van der Waals surface area contributed by atoms with Gasteiger partial charge in [-0.2, -0.15) is 5.10 Å². The summed E-state index contributed by atoms with van der Waals surface area (Å²) in [5.74, 6) is -0.0197. The Hall–Kier alpha value is -2.14. The van der Waals surface area contributed by atoms with Gasteiger partial charge in [0.2, 0.25) is 5.91 Å². The Balaban J connectivity index is 1.64. The first-order valence-corrected chi connectivity index (χ1v) is 9.13. The number of amides is 1. The van der Waals surface area contributed by atoms with E-state index in [0.29, 0.717) is 10.7 Å². The van der Waals surface area contributed by atoms with E-state index in [9.17, 15) is 9.59 Å². The minimum absolute atomic E-state index is 0.0197. The van der Waals surface area contributed by atoms with Gasteiger partial charge in [0, 0.05) is 29.1 Å². The molecule has 0 atom stereocenters. The average Bonchev–Trinajstić information content (AvgIpc) is 2.62. The van der Waals surface area contributed by atoms with E-state index >= 15 is 0 Å². The van der Waals surface area contributed by atoms with Gasteiger partial charge >= 0.3 is 0 Å². The molecule has 1 aliphatic carbocycles. The average molecular weight is 360 g/mol. The molecule has 0 aliphatic heterocycles. The van der Waals surface area contributed by atoms with Gasteiger partial charge in [-0.25, -0.2) is 4.68 Å². The first-order valence-electron chi connectivity index (χ1n) is 8.75. The quantitative estimate of drug-likeness (QED) is 0.889. The molecule has 6 heteroatoms. The number of nitrogens with one attached hydrogen (secondary N) is 1. The van der Waals surface area contributed by atoms with Gasteiger partial charge in [-0.05, 0) is 31.0 Å². The fraction of sp³-hybridized carbons (Fsp3) is 0.421. The second kappa shape index (κ2) is 8.30. The monoisotopic (exact) mass is 359 g/mol. The first-order chi connectivity index (χ1) is 12.1. The maximum Gasteiger partial charge on any atom is 0.266 e. The smallest absolute Gasteiger partial charge is 0.266 e. The van der Waals surface area contributed by atoms with Crippen molar-refractivity contribution in [3.63, 3.8) is 0 Å². The standard InChI is InChI=1S/C19H22ClN3O2/c20-15-6-4-5-14(13-15)17-9-10-19(25)23(22-17)12-11-18(24)21-16-7-2-1-3-8-16/h4-6,9-10,13,16H,1-3,7-8,11-12H2,(H,21,24). The lowest BCUT2D eigenvalue weighted by Gasteiger charge is -2.22. The molecule has 5 nitrogen and oxygen atoms in total. The van der Waals surface area contributed by atoms with Gasteiger partial charge in [0.15, 0.2) is 0 Å². The summed E-state index contributed by atoms with van der Waals surface area (Å²) in [6.45, 7) is 0.270. The number of carbonyl (C=O) groups excluding carboxylic acids is 1. The molecule has 132 valence electrons. The number of aryl methyl sites for hydroxylation is 1. The highest BCUT2D eigenvalue weighted by atomic mass is 35.5. The van der Waals surface area contributed by atoms with E-state index in [2.05, 4.69) is 10.4 Å². The van der Waals surface area contributed by atoms with Crippen LogP contribution >= 0.6 is 11.6 Å². The summed E-state index contributed by atoms with van der Waals surface area (Å²) in [4.78, 5) is 24.1. The fourth-order valence-corrected chi connectivity index (χ4v) is 3.36. The Morgan fingerprint density at radius 2 is 2.00 bits per heavy atom. The molecule has 1 aromatic carbocycles. The lowest BCUT2D eigenvalue weighted by molar-refractivity contribution is -0.122. The Labute approximate surface area is 152 Å². The molecule has 25 heavy (non-hydrogen) atoms. The van der Waals surface area contributed by atoms with Crippen molar-refractivity contribution in [2.45, 2.75) is 51.1 Å². The van der Waals surface area contributed by atoms with Crippen LogP contribution in [0, 0.1) is 0 Å². The topological polar surface area (TPSA) is 64.0 Å².